The van der Waals surface area contributed by atoms with Gasteiger partial charge in [0.1, 0.15) is 6.61 Å². The van der Waals surface area contributed by atoms with Crippen LogP contribution >= 0.6 is 0 Å². The van der Waals surface area contributed by atoms with Crippen LogP contribution < -0.4 is 0 Å². The van der Waals surface area contributed by atoms with E-state index >= 15 is 0 Å². The van der Waals surface area contributed by atoms with Crippen LogP contribution in [0.5, 0.6) is 0 Å². The molecule has 3 heteroatoms. The summed E-state index contributed by atoms with van der Waals surface area (Å²) in [5.74, 6) is 0. The van der Waals surface area contributed by atoms with E-state index in [0.717, 1.165) is 0 Å². The zero-order valence-corrected chi connectivity index (χ0v) is 7.07. The molecular weight excluding hydrogens is 150 g/mol. The average Bonchev–Trinajstić information content (AvgIpc) is 1.84. The maximum absolute atomic E-state index is 11.7. The second-order valence-electron chi connectivity index (χ2n) is 3.07. The lowest BCUT2D eigenvalue weighted by Crippen LogP contribution is -2.26. The van der Waals surface area contributed by atoms with Gasteiger partial charge in [-0.05, 0) is 20.3 Å². The number of hydrogen-bond acceptors (Lipinski definition) is 1. The molecule has 67 valence electrons. The van der Waals surface area contributed by atoms with Gasteiger partial charge in [-0.25, -0.2) is 8.78 Å². The van der Waals surface area contributed by atoms with E-state index < -0.39 is 18.6 Å². The monoisotopic (exact) mass is 165 g/mol. The first-order valence-corrected chi connectivity index (χ1v) is 3.69. The Bertz CT molecular complexity index is 102. The van der Waals surface area contributed by atoms with Gasteiger partial charge in [0.05, 0.1) is 5.60 Å². The zero-order chi connectivity index (χ0) is 8.91. The fourth-order valence-electron chi connectivity index (χ4n) is 0.786. The summed E-state index contributed by atoms with van der Waals surface area (Å²) >= 11 is 0. The summed E-state index contributed by atoms with van der Waals surface area (Å²) in [4.78, 5) is 0. The lowest BCUT2D eigenvalue weighted by atomic mass is 10.0. The van der Waals surface area contributed by atoms with E-state index in [9.17, 15) is 8.78 Å². The van der Waals surface area contributed by atoms with Gasteiger partial charge in [0, 0.05) is 0 Å². The highest BCUT2D eigenvalue weighted by molar-refractivity contribution is 4.68. The predicted octanol–water partition coefficient (Wildman–Crippen LogP) is 2.66. The highest BCUT2D eigenvalue weighted by atomic mass is 19.3. The van der Waals surface area contributed by atoms with Crippen LogP contribution in [0, 0.1) is 6.92 Å². The Hall–Kier alpha value is -0.180. The Labute approximate surface area is 66.7 Å². The standard InChI is InChI=1S/C8H15F2O/c1-4-5-8(2,3)11-6-7(9)10/h7H,1,4-6H2,2-3H3. The second kappa shape index (κ2) is 4.65. The molecule has 11 heavy (non-hydrogen) atoms. The third-order valence-corrected chi connectivity index (χ3v) is 1.38. The van der Waals surface area contributed by atoms with Crippen LogP contribution in [0.3, 0.4) is 0 Å². The van der Waals surface area contributed by atoms with Crippen LogP contribution in [0.1, 0.15) is 26.7 Å². The van der Waals surface area contributed by atoms with Gasteiger partial charge in [-0.1, -0.05) is 13.3 Å². The maximum atomic E-state index is 11.7. The average molecular weight is 165 g/mol. The van der Waals surface area contributed by atoms with Gasteiger partial charge in [0.25, 0.3) is 6.43 Å². The number of halogens is 2. The SMILES string of the molecule is [CH2]CCC(C)(C)OCC(F)F. The summed E-state index contributed by atoms with van der Waals surface area (Å²) in [6.07, 6.45) is -0.963. The summed E-state index contributed by atoms with van der Waals surface area (Å²) in [5.41, 5.74) is -0.460. The molecule has 0 unspecified atom stereocenters. The number of rotatable bonds is 5. The van der Waals surface area contributed by atoms with Crippen molar-refractivity contribution in [3.63, 3.8) is 0 Å². The third kappa shape index (κ3) is 6.23. The Morgan fingerprint density at radius 1 is 1.45 bits per heavy atom. The van der Waals surface area contributed by atoms with E-state index in [0.29, 0.717) is 12.8 Å². The number of alkyl halides is 2. The van der Waals surface area contributed by atoms with Gasteiger partial charge >= 0.3 is 0 Å². The van der Waals surface area contributed by atoms with E-state index in [2.05, 4.69) is 6.92 Å². The van der Waals surface area contributed by atoms with Gasteiger partial charge in [-0.2, -0.15) is 0 Å². The molecule has 0 bridgehead atoms. The van der Waals surface area contributed by atoms with E-state index in [1.807, 2.05) is 0 Å². The van der Waals surface area contributed by atoms with Crippen molar-refractivity contribution in [2.45, 2.75) is 38.7 Å². The van der Waals surface area contributed by atoms with Gasteiger partial charge in [0.2, 0.25) is 0 Å². The Morgan fingerprint density at radius 3 is 2.36 bits per heavy atom. The van der Waals surface area contributed by atoms with Crippen molar-refractivity contribution in [3.8, 4) is 0 Å². The van der Waals surface area contributed by atoms with Crippen LogP contribution in [0.25, 0.3) is 0 Å². The quantitative estimate of drug-likeness (QED) is 0.608. The van der Waals surface area contributed by atoms with Gasteiger partial charge in [-0.3, -0.25) is 0 Å². The van der Waals surface area contributed by atoms with Crippen molar-refractivity contribution < 1.29 is 13.5 Å². The van der Waals surface area contributed by atoms with E-state index in [4.69, 9.17) is 4.74 Å². The molecule has 0 aliphatic rings. The van der Waals surface area contributed by atoms with Crippen LogP contribution in [-0.4, -0.2) is 18.6 Å². The summed E-state index contributed by atoms with van der Waals surface area (Å²) in [5, 5.41) is 0. The summed E-state index contributed by atoms with van der Waals surface area (Å²) in [6, 6.07) is 0. The minimum atomic E-state index is -2.38. The van der Waals surface area contributed by atoms with Gasteiger partial charge < -0.3 is 4.74 Å². The van der Waals surface area contributed by atoms with Crippen LogP contribution in [0.4, 0.5) is 8.78 Å². The first-order valence-electron chi connectivity index (χ1n) is 3.69. The molecule has 1 nitrogen and oxygen atoms in total. The molecular formula is C8H15F2O. The fourth-order valence-corrected chi connectivity index (χ4v) is 0.786. The van der Waals surface area contributed by atoms with Gasteiger partial charge in [-0.15, -0.1) is 0 Å². The Balaban J connectivity index is 3.54. The summed E-state index contributed by atoms with van der Waals surface area (Å²) in [7, 11) is 0. The molecule has 0 saturated carbocycles. The molecule has 0 N–H and O–H groups in total. The Morgan fingerprint density at radius 2 is 2.00 bits per heavy atom. The highest BCUT2D eigenvalue weighted by Gasteiger charge is 2.18. The first kappa shape index (κ1) is 10.8. The van der Waals surface area contributed by atoms with Gasteiger partial charge in [0.15, 0.2) is 0 Å². The molecule has 0 spiro atoms. The number of ether oxygens (including phenoxy) is 1. The molecule has 0 heterocycles. The predicted molar refractivity (Wildman–Crippen MR) is 40.6 cm³/mol. The highest BCUT2D eigenvalue weighted by Crippen LogP contribution is 2.16. The van der Waals surface area contributed by atoms with Crippen LogP contribution in [0.2, 0.25) is 0 Å². The van der Waals surface area contributed by atoms with E-state index in [-0.39, 0.29) is 0 Å². The van der Waals surface area contributed by atoms with E-state index in [1.54, 1.807) is 13.8 Å². The lowest BCUT2D eigenvalue weighted by molar-refractivity contribution is -0.0731. The molecule has 1 radical (unpaired) electrons. The minimum Gasteiger partial charge on any atom is -0.370 e. The van der Waals surface area contributed by atoms with Crippen molar-refractivity contribution in [1.82, 2.24) is 0 Å². The summed E-state index contributed by atoms with van der Waals surface area (Å²) < 4.78 is 28.3. The van der Waals surface area contributed by atoms with Crippen molar-refractivity contribution in [3.05, 3.63) is 6.92 Å². The van der Waals surface area contributed by atoms with E-state index in [1.165, 1.54) is 0 Å². The van der Waals surface area contributed by atoms with Crippen molar-refractivity contribution in [2.24, 2.45) is 0 Å². The fraction of sp³-hybridized carbons (Fsp3) is 0.875. The summed E-state index contributed by atoms with van der Waals surface area (Å²) in [6.45, 7) is 6.74. The molecule has 0 atom stereocenters. The zero-order valence-electron chi connectivity index (χ0n) is 7.07. The smallest absolute Gasteiger partial charge is 0.261 e. The topological polar surface area (TPSA) is 9.23 Å². The number of hydrogen-bond donors (Lipinski definition) is 0. The second-order valence-corrected chi connectivity index (χ2v) is 3.07. The maximum Gasteiger partial charge on any atom is 0.261 e. The molecule has 0 aromatic heterocycles. The molecule has 0 rings (SSSR count). The van der Waals surface area contributed by atoms with Crippen molar-refractivity contribution >= 4 is 0 Å². The Kier molecular flexibility index (Phi) is 4.57. The van der Waals surface area contributed by atoms with Crippen molar-refractivity contribution in [1.29, 1.82) is 0 Å². The van der Waals surface area contributed by atoms with Crippen LogP contribution in [-0.2, 0) is 4.74 Å². The molecule has 0 aromatic carbocycles. The van der Waals surface area contributed by atoms with Crippen LogP contribution in [0.15, 0.2) is 0 Å². The molecule has 0 aromatic rings. The van der Waals surface area contributed by atoms with Crippen molar-refractivity contribution in [2.75, 3.05) is 6.61 Å². The largest absolute Gasteiger partial charge is 0.370 e. The normalized spacial score (nSPS) is 12.5. The molecule has 0 aliphatic carbocycles. The third-order valence-electron chi connectivity index (χ3n) is 1.38. The lowest BCUT2D eigenvalue weighted by Gasteiger charge is -2.24. The molecule has 0 fully saturated rings. The molecule has 0 saturated heterocycles. The first-order chi connectivity index (χ1) is 4.98. The minimum absolute atomic E-state index is 0.460. The molecule has 0 amide bonds. The molecule has 0 aliphatic heterocycles.